The Hall–Kier alpha value is -0.0800. The van der Waals surface area contributed by atoms with Gasteiger partial charge in [-0.25, -0.2) is 0 Å². The predicted molar refractivity (Wildman–Crippen MR) is 69.9 cm³/mol. The Kier molecular flexibility index (Phi) is 3.45. The van der Waals surface area contributed by atoms with Gasteiger partial charge in [0.2, 0.25) is 0 Å². The molecule has 0 radical (unpaired) electrons. The molecule has 5 atom stereocenters. The Morgan fingerprint density at radius 1 is 0.941 bits per heavy atom. The normalized spacial score (nSPS) is 48.0. The highest BCUT2D eigenvalue weighted by atomic mass is 16.3. The van der Waals surface area contributed by atoms with Crippen LogP contribution in [0.1, 0.15) is 58.3 Å². The number of hydrogen-bond donors (Lipinski definition) is 1. The smallest absolute Gasteiger partial charge is 0.0695 e. The number of nitrogens with zero attached hydrogens (tertiary/aromatic N) is 1. The largest absolute Gasteiger partial charge is 0.391 e. The average Bonchev–Trinajstić information content (AvgIpc) is 2.80. The minimum atomic E-state index is -0.0504. The second kappa shape index (κ2) is 4.89. The zero-order valence-corrected chi connectivity index (χ0v) is 11.1. The van der Waals surface area contributed by atoms with Crippen LogP contribution < -0.4 is 0 Å². The summed E-state index contributed by atoms with van der Waals surface area (Å²) in [6.45, 7) is 3.60. The number of fused-ring (bicyclic) bond motifs is 1. The minimum Gasteiger partial charge on any atom is -0.391 e. The van der Waals surface area contributed by atoms with Crippen molar-refractivity contribution in [3.8, 4) is 0 Å². The first-order valence-corrected chi connectivity index (χ1v) is 7.69. The molecule has 0 aromatic rings. The minimum absolute atomic E-state index is 0.0504. The maximum atomic E-state index is 10.3. The molecule has 5 unspecified atom stereocenters. The van der Waals surface area contributed by atoms with Crippen molar-refractivity contribution in [1.29, 1.82) is 0 Å². The van der Waals surface area contributed by atoms with Crippen LogP contribution in [0.2, 0.25) is 0 Å². The predicted octanol–water partition coefficient (Wildman–Crippen LogP) is 2.80. The first kappa shape index (κ1) is 12.0. The van der Waals surface area contributed by atoms with E-state index in [0.717, 1.165) is 24.3 Å². The topological polar surface area (TPSA) is 23.5 Å². The van der Waals surface area contributed by atoms with Crippen molar-refractivity contribution in [3.63, 3.8) is 0 Å². The molecule has 2 heteroatoms. The van der Waals surface area contributed by atoms with E-state index in [2.05, 4.69) is 11.8 Å². The van der Waals surface area contributed by atoms with E-state index in [1.165, 1.54) is 51.5 Å². The quantitative estimate of drug-likeness (QED) is 0.758. The van der Waals surface area contributed by atoms with Crippen LogP contribution in [0.4, 0.5) is 0 Å². The molecule has 0 aromatic heterocycles. The molecule has 0 aromatic carbocycles. The van der Waals surface area contributed by atoms with Gasteiger partial charge in [-0.1, -0.05) is 13.3 Å². The third-order valence-corrected chi connectivity index (χ3v) is 5.51. The molecule has 0 amide bonds. The van der Waals surface area contributed by atoms with Crippen LogP contribution in [-0.4, -0.2) is 34.7 Å². The lowest BCUT2D eigenvalue weighted by atomic mass is 9.81. The summed E-state index contributed by atoms with van der Waals surface area (Å²) in [4.78, 5) is 2.71. The number of likely N-dealkylation sites (tertiary alicyclic amines) is 1. The summed E-state index contributed by atoms with van der Waals surface area (Å²) in [5.74, 6) is 1.76. The summed E-state index contributed by atoms with van der Waals surface area (Å²) in [7, 11) is 0. The maximum Gasteiger partial charge on any atom is 0.0695 e. The van der Waals surface area contributed by atoms with Crippen LogP contribution in [0.5, 0.6) is 0 Å². The second-order valence-corrected chi connectivity index (χ2v) is 6.69. The molecule has 2 aliphatic carbocycles. The molecule has 1 N–H and O–H groups in total. The van der Waals surface area contributed by atoms with Crippen molar-refractivity contribution < 1.29 is 5.11 Å². The molecule has 0 bridgehead atoms. The van der Waals surface area contributed by atoms with Crippen molar-refractivity contribution in [1.82, 2.24) is 4.90 Å². The summed E-state index contributed by atoms with van der Waals surface area (Å²) in [5, 5.41) is 10.3. The Bertz CT molecular complexity index is 268. The van der Waals surface area contributed by atoms with Crippen molar-refractivity contribution in [3.05, 3.63) is 0 Å². The third-order valence-electron chi connectivity index (χ3n) is 5.51. The second-order valence-electron chi connectivity index (χ2n) is 6.69. The Labute approximate surface area is 105 Å². The molecule has 1 heterocycles. The first-order chi connectivity index (χ1) is 8.25. The average molecular weight is 237 g/mol. The third kappa shape index (κ3) is 2.26. The van der Waals surface area contributed by atoms with Crippen molar-refractivity contribution in [2.24, 2.45) is 11.8 Å². The Balaban J connectivity index is 1.72. The van der Waals surface area contributed by atoms with Gasteiger partial charge in [-0.05, 0) is 63.3 Å². The summed E-state index contributed by atoms with van der Waals surface area (Å²) >= 11 is 0. The van der Waals surface area contributed by atoms with E-state index in [9.17, 15) is 5.11 Å². The molecule has 17 heavy (non-hydrogen) atoms. The van der Waals surface area contributed by atoms with Gasteiger partial charge in [-0.2, -0.15) is 0 Å². The van der Waals surface area contributed by atoms with E-state index in [1.807, 2.05) is 0 Å². The van der Waals surface area contributed by atoms with Crippen LogP contribution >= 0.6 is 0 Å². The van der Waals surface area contributed by atoms with Gasteiger partial charge >= 0.3 is 0 Å². The molecule has 98 valence electrons. The van der Waals surface area contributed by atoms with Gasteiger partial charge in [-0.15, -0.1) is 0 Å². The van der Waals surface area contributed by atoms with E-state index in [0.29, 0.717) is 6.04 Å². The SMILES string of the molecule is CC1CCC(O)C(N2CCCC3CCCC32)C1. The fourth-order valence-electron chi connectivity index (χ4n) is 4.60. The van der Waals surface area contributed by atoms with Crippen molar-refractivity contribution in [2.75, 3.05) is 6.54 Å². The van der Waals surface area contributed by atoms with Gasteiger partial charge in [-0.3, -0.25) is 4.90 Å². The lowest BCUT2D eigenvalue weighted by molar-refractivity contribution is -0.0355. The highest BCUT2D eigenvalue weighted by Crippen LogP contribution is 2.40. The molecular formula is C15H27NO. The number of aliphatic hydroxyl groups is 1. The van der Waals surface area contributed by atoms with Crippen LogP contribution in [-0.2, 0) is 0 Å². The van der Waals surface area contributed by atoms with E-state index in [-0.39, 0.29) is 6.10 Å². The van der Waals surface area contributed by atoms with Gasteiger partial charge in [0.05, 0.1) is 6.10 Å². The number of piperidine rings is 1. The van der Waals surface area contributed by atoms with Gasteiger partial charge in [0, 0.05) is 12.1 Å². The first-order valence-electron chi connectivity index (χ1n) is 7.69. The molecule has 3 fully saturated rings. The maximum absolute atomic E-state index is 10.3. The molecule has 2 nitrogen and oxygen atoms in total. The van der Waals surface area contributed by atoms with Crippen LogP contribution in [0.15, 0.2) is 0 Å². The molecule has 1 saturated heterocycles. The molecule has 3 rings (SSSR count). The molecule has 0 spiro atoms. The zero-order valence-electron chi connectivity index (χ0n) is 11.1. The van der Waals surface area contributed by atoms with Crippen LogP contribution in [0.3, 0.4) is 0 Å². The van der Waals surface area contributed by atoms with Gasteiger partial charge in [0.25, 0.3) is 0 Å². The van der Waals surface area contributed by atoms with Gasteiger partial charge in [0.15, 0.2) is 0 Å². The van der Waals surface area contributed by atoms with E-state index in [4.69, 9.17) is 0 Å². The molecular weight excluding hydrogens is 210 g/mol. The lowest BCUT2D eigenvalue weighted by Crippen LogP contribution is -2.54. The highest BCUT2D eigenvalue weighted by molar-refractivity contribution is 4.95. The number of rotatable bonds is 1. The van der Waals surface area contributed by atoms with Gasteiger partial charge in [0.1, 0.15) is 0 Å². The fourth-order valence-corrected chi connectivity index (χ4v) is 4.60. The van der Waals surface area contributed by atoms with Crippen molar-refractivity contribution >= 4 is 0 Å². The van der Waals surface area contributed by atoms with E-state index < -0.39 is 0 Å². The van der Waals surface area contributed by atoms with E-state index >= 15 is 0 Å². The number of hydrogen-bond acceptors (Lipinski definition) is 2. The summed E-state index contributed by atoms with van der Waals surface area (Å²) in [5.41, 5.74) is 0. The van der Waals surface area contributed by atoms with Crippen molar-refractivity contribution in [2.45, 2.75) is 76.5 Å². The number of aliphatic hydroxyl groups excluding tert-OH is 1. The summed E-state index contributed by atoms with van der Waals surface area (Å²) in [6.07, 6.45) is 10.5. The summed E-state index contributed by atoms with van der Waals surface area (Å²) < 4.78 is 0. The summed E-state index contributed by atoms with van der Waals surface area (Å²) in [6, 6.07) is 1.29. The molecule has 2 saturated carbocycles. The van der Waals surface area contributed by atoms with Gasteiger partial charge < -0.3 is 5.11 Å². The molecule has 3 aliphatic rings. The lowest BCUT2D eigenvalue weighted by Gasteiger charge is -2.47. The van der Waals surface area contributed by atoms with Crippen LogP contribution in [0.25, 0.3) is 0 Å². The Morgan fingerprint density at radius 2 is 1.76 bits per heavy atom. The monoisotopic (exact) mass is 237 g/mol. The highest BCUT2D eigenvalue weighted by Gasteiger charge is 2.41. The fraction of sp³-hybridized carbons (Fsp3) is 1.00. The zero-order chi connectivity index (χ0) is 11.8. The van der Waals surface area contributed by atoms with Crippen LogP contribution in [0, 0.1) is 11.8 Å². The van der Waals surface area contributed by atoms with E-state index in [1.54, 1.807) is 0 Å². The Morgan fingerprint density at radius 3 is 2.65 bits per heavy atom. The standard InChI is InChI=1S/C15H27NO/c1-11-7-8-15(17)14(10-11)16-9-3-5-12-4-2-6-13(12)16/h11-15,17H,2-10H2,1H3. The molecule has 1 aliphatic heterocycles.